The van der Waals surface area contributed by atoms with Crippen LogP contribution in [0.15, 0.2) is 4.99 Å². The first-order valence-electron chi connectivity index (χ1n) is 8.69. The molecule has 0 aromatic rings. The maximum Gasteiger partial charge on any atom is 0.191 e. The largest absolute Gasteiger partial charge is 0.376 e. The number of nitrogens with zero attached hydrogens (tertiary/aromatic N) is 2. The average Bonchev–Trinajstić information content (AvgIpc) is 2.75. The molecule has 138 valence electrons. The van der Waals surface area contributed by atoms with E-state index in [1.807, 2.05) is 7.05 Å². The minimum Gasteiger partial charge on any atom is -0.376 e. The molecule has 0 spiro atoms. The zero-order chi connectivity index (χ0) is 16.4. The van der Waals surface area contributed by atoms with Gasteiger partial charge in [0.15, 0.2) is 5.96 Å². The van der Waals surface area contributed by atoms with E-state index in [4.69, 9.17) is 4.74 Å². The number of ether oxygens (including phenoxy) is 1. The summed E-state index contributed by atoms with van der Waals surface area (Å²) in [5, 5.41) is 6.71. The maximum atomic E-state index is 5.99. The highest BCUT2D eigenvalue weighted by molar-refractivity contribution is 14.0. The van der Waals surface area contributed by atoms with Crippen LogP contribution in [0.5, 0.6) is 0 Å². The van der Waals surface area contributed by atoms with E-state index in [0.29, 0.717) is 6.10 Å². The Hall–Kier alpha value is -0.0800. The molecule has 0 aromatic heterocycles. The fourth-order valence-electron chi connectivity index (χ4n) is 2.48. The normalized spacial score (nSPS) is 17.6. The van der Waals surface area contributed by atoms with Crippen molar-refractivity contribution in [2.24, 2.45) is 4.99 Å². The lowest BCUT2D eigenvalue weighted by molar-refractivity contribution is 0.0468. The van der Waals surface area contributed by atoms with E-state index in [9.17, 15) is 0 Å². The van der Waals surface area contributed by atoms with Crippen molar-refractivity contribution in [3.63, 3.8) is 0 Å². The Labute approximate surface area is 160 Å². The SMILES string of the molecule is CN=C(NCCOC1CCCCCC1)NCC(C)(C)N(C)C.I. The second kappa shape index (κ2) is 12.3. The molecule has 0 bridgehead atoms. The molecule has 0 unspecified atom stereocenters. The molecule has 0 aromatic carbocycles. The van der Waals surface area contributed by atoms with Crippen molar-refractivity contribution in [1.29, 1.82) is 0 Å². The van der Waals surface area contributed by atoms with E-state index < -0.39 is 0 Å². The van der Waals surface area contributed by atoms with Gasteiger partial charge in [-0.15, -0.1) is 24.0 Å². The molecule has 0 amide bonds. The molecule has 2 N–H and O–H groups in total. The van der Waals surface area contributed by atoms with Gasteiger partial charge >= 0.3 is 0 Å². The number of aliphatic imine (C=N–C) groups is 1. The molecule has 0 heterocycles. The highest BCUT2D eigenvalue weighted by Crippen LogP contribution is 2.19. The summed E-state index contributed by atoms with van der Waals surface area (Å²) in [4.78, 5) is 6.48. The van der Waals surface area contributed by atoms with E-state index in [2.05, 4.69) is 48.5 Å². The number of hydrogen-bond acceptors (Lipinski definition) is 3. The van der Waals surface area contributed by atoms with E-state index in [0.717, 1.165) is 25.7 Å². The average molecular weight is 440 g/mol. The first-order valence-corrected chi connectivity index (χ1v) is 8.69. The number of likely N-dealkylation sites (N-methyl/N-ethyl adjacent to an activating group) is 1. The van der Waals surface area contributed by atoms with E-state index in [-0.39, 0.29) is 29.5 Å². The van der Waals surface area contributed by atoms with Crippen molar-refractivity contribution >= 4 is 29.9 Å². The lowest BCUT2D eigenvalue weighted by atomic mass is 10.0. The van der Waals surface area contributed by atoms with Crippen LogP contribution in [0.2, 0.25) is 0 Å². The van der Waals surface area contributed by atoms with Gasteiger partial charge in [-0.05, 0) is 40.8 Å². The van der Waals surface area contributed by atoms with Gasteiger partial charge in [-0.2, -0.15) is 0 Å². The van der Waals surface area contributed by atoms with Crippen LogP contribution in [0.3, 0.4) is 0 Å². The first-order chi connectivity index (χ1) is 10.5. The van der Waals surface area contributed by atoms with Gasteiger partial charge < -0.3 is 20.3 Å². The van der Waals surface area contributed by atoms with Crippen LogP contribution in [-0.2, 0) is 4.74 Å². The van der Waals surface area contributed by atoms with E-state index in [1.165, 1.54) is 38.5 Å². The molecule has 6 heteroatoms. The van der Waals surface area contributed by atoms with Crippen molar-refractivity contribution in [1.82, 2.24) is 15.5 Å². The van der Waals surface area contributed by atoms with Crippen LogP contribution in [-0.4, -0.2) is 63.3 Å². The molecule has 0 atom stereocenters. The van der Waals surface area contributed by atoms with E-state index >= 15 is 0 Å². The number of halogens is 1. The van der Waals surface area contributed by atoms with Gasteiger partial charge in [-0.25, -0.2) is 0 Å². The fourth-order valence-corrected chi connectivity index (χ4v) is 2.48. The predicted molar refractivity (Wildman–Crippen MR) is 110 cm³/mol. The summed E-state index contributed by atoms with van der Waals surface area (Å²) in [6.07, 6.45) is 8.30. The Kier molecular flexibility index (Phi) is 12.3. The van der Waals surface area contributed by atoms with Crippen molar-refractivity contribution in [3.05, 3.63) is 0 Å². The lowest BCUT2D eigenvalue weighted by Crippen LogP contribution is -2.51. The van der Waals surface area contributed by atoms with Crippen LogP contribution in [0.25, 0.3) is 0 Å². The maximum absolute atomic E-state index is 5.99. The molecule has 0 radical (unpaired) electrons. The van der Waals surface area contributed by atoms with Gasteiger partial charge in [0.1, 0.15) is 0 Å². The zero-order valence-corrected chi connectivity index (χ0v) is 18.0. The van der Waals surface area contributed by atoms with Gasteiger partial charge in [0.05, 0.1) is 12.7 Å². The highest BCUT2D eigenvalue weighted by atomic mass is 127. The number of nitrogens with one attached hydrogen (secondary N) is 2. The van der Waals surface area contributed by atoms with Crippen LogP contribution in [0, 0.1) is 0 Å². The molecule has 1 saturated carbocycles. The predicted octanol–water partition coefficient (Wildman–Crippen LogP) is 2.85. The number of hydrogen-bond donors (Lipinski definition) is 2. The number of rotatable bonds is 7. The van der Waals surface area contributed by atoms with Crippen LogP contribution < -0.4 is 10.6 Å². The molecular weight excluding hydrogens is 403 g/mol. The molecular formula is C17H37IN4O. The Balaban J connectivity index is 0.00000484. The number of guanidine groups is 1. The summed E-state index contributed by atoms with van der Waals surface area (Å²) in [5.74, 6) is 0.847. The minimum absolute atomic E-state index is 0. The smallest absolute Gasteiger partial charge is 0.191 e. The molecule has 23 heavy (non-hydrogen) atoms. The topological polar surface area (TPSA) is 48.9 Å². The Morgan fingerprint density at radius 1 is 1.13 bits per heavy atom. The van der Waals surface area contributed by atoms with Crippen LogP contribution >= 0.6 is 24.0 Å². The molecule has 1 aliphatic carbocycles. The summed E-state index contributed by atoms with van der Waals surface area (Å²) in [6, 6.07) is 0. The molecule has 0 saturated heterocycles. The van der Waals surface area contributed by atoms with E-state index in [1.54, 1.807) is 0 Å². The van der Waals surface area contributed by atoms with Crippen molar-refractivity contribution in [2.45, 2.75) is 64.0 Å². The second-order valence-electron chi connectivity index (χ2n) is 7.04. The molecule has 5 nitrogen and oxygen atoms in total. The fraction of sp³-hybridized carbons (Fsp3) is 0.941. The highest BCUT2D eigenvalue weighted by Gasteiger charge is 2.20. The molecule has 1 aliphatic rings. The molecule has 1 rings (SSSR count). The molecule has 1 fully saturated rings. The Bertz CT molecular complexity index is 327. The summed E-state index contributed by atoms with van der Waals surface area (Å²) in [6.45, 7) is 6.83. The monoisotopic (exact) mass is 440 g/mol. The standard InChI is InChI=1S/C17H36N4O.HI/c1-17(2,21(4)5)14-20-16(18-3)19-12-13-22-15-10-8-6-7-9-11-15;/h15H,6-14H2,1-5H3,(H2,18,19,20);1H. The second-order valence-corrected chi connectivity index (χ2v) is 7.04. The summed E-state index contributed by atoms with van der Waals surface area (Å²) < 4.78 is 5.99. The van der Waals surface area contributed by atoms with Crippen LogP contribution in [0.1, 0.15) is 52.4 Å². The van der Waals surface area contributed by atoms with Gasteiger partial charge in [0.25, 0.3) is 0 Å². The van der Waals surface area contributed by atoms with Gasteiger partial charge in [0.2, 0.25) is 0 Å². The zero-order valence-electron chi connectivity index (χ0n) is 15.7. The van der Waals surface area contributed by atoms with Gasteiger partial charge in [0, 0.05) is 25.7 Å². The Morgan fingerprint density at radius 3 is 2.26 bits per heavy atom. The summed E-state index contributed by atoms with van der Waals surface area (Å²) >= 11 is 0. The van der Waals surface area contributed by atoms with Crippen molar-refractivity contribution < 1.29 is 4.74 Å². The first kappa shape index (κ1) is 22.9. The quantitative estimate of drug-likeness (QED) is 0.210. The lowest BCUT2D eigenvalue weighted by Gasteiger charge is -2.33. The van der Waals surface area contributed by atoms with Crippen LogP contribution in [0.4, 0.5) is 0 Å². The summed E-state index contributed by atoms with van der Waals surface area (Å²) in [5.41, 5.74) is 0.0917. The van der Waals surface area contributed by atoms with Crippen molar-refractivity contribution in [3.8, 4) is 0 Å². The van der Waals surface area contributed by atoms with Crippen molar-refractivity contribution in [2.75, 3.05) is 40.8 Å². The Morgan fingerprint density at radius 2 is 1.74 bits per heavy atom. The van der Waals surface area contributed by atoms with Gasteiger partial charge in [-0.1, -0.05) is 25.7 Å². The van der Waals surface area contributed by atoms with Gasteiger partial charge in [-0.3, -0.25) is 4.99 Å². The third-order valence-corrected chi connectivity index (χ3v) is 4.67. The third-order valence-electron chi connectivity index (χ3n) is 4.67. The minimum atomic E-state index is 0. The molecule has 0 aliphatic heterocycles. The third kappa shape index (κ3) is 9.72. The summed E-state index contributed by atoms with van der Waals surface area (Å²) in [7, 11) is 6.00.